The molecule has 5 rings (SSSR count). The van der Waals surface area contributed by atoms with E-state index in [0.717, 1.165) is 31.3 Å². The number of imide groups is 1. The molecule has 202 valence electrons. The molecule has 0 saturated carbocycles. The highest BCUT2D eigenvalue weighted by molar-refractivity contribution is 7.89. The molecule has 1 fully saturated rings. The van der Waals surface area contributed by atoms with Crippen molar-refractivity contribution in [1.29, 1.82) is 0 Å². The number of thiazole rings is 1. The van der Waals surface area contributed by atoms with Crippen molar-refractivity contribution in [2.24, 2.45) is 0 Å². The van der Waals surface area contributed by atoms with Gasteiger partial charge in [0.25, 0.3) is 5.91 Å². The van der Waals surface area contributed by atoms with E-state index in [1.807, 2.05) is 45.0 Å². The van der Waals surface area contributed by atoms with Gasteiger partial charge in [0.15, 0.2) is 0 Å². The molecule has 7 nitrogen and oxygen atoms in total. The van der Waals surface area contributed by atoms with Crippen molar-refractivity contribution in [3.05, 3.63) is 77.9 Å². The smallest absolute Gasteiger partial charge is 0.252 e. The zero-order chi connectivity index (χ0) is 28.1. The number of rotatable bonds is 7. The third-order valence-electron chi connectivity index (χ3n) is 7.36. The van der Waals surface area contributed by atoms with E-state index in [2.05, 4.69) is 6.07 Å². The lowest BCUT2D eigenvalue weighted by Gasteiger charge is -2.39. The first-order chi connectivity index (χ1) is 18.4. The Bertz CT molecular complexity index is 1670. The average Bonchev–Trinajstić information content (AvgIpc) is 3.44. The van der Waals surface area contributed by atoms with Crippen LogP contribution in [0.15, 0.2) is 71.6 Å². The van der Waals surface area contributed by atoms with Crippen molar-refractivity contribution in [3.63, 3.8) is 0 Å². The summed E-state index contributed by atoms with van der Waals surface area (Å²) in [6.45, 7) is 9.36. The molecule has 0 N–H and O–H groups in total. The van der Waals surface area contributed by atoms with Crippen LogP contribution in [0.25, 0.3) is 20.8 Å². The molecule has 4 aromatic rings. The highest BCUT2D eigenvalue weighted by Crippen LogP contribution is 2.37. The van der Waals surface area contributed by atoms with Gasteiger partial charge in [0.2, 0.25) is 15.9 Å². The maximum absolute atomic E-state index is 13.9. The van der Waals surface area contributed by atoms with Gasteiger partial charge in [-0.2, -0.15) is 4.31 Å². The average molecular weight is 562 g/mol. The molecule has 0 spiro atoms. The van der Waals surface area contributed by atoms with Crippen LogP contribution in [0.2, 0.25) is 0 Å². The fourth-order valence-electron chi connectivity index (χ4n) is 4.87. The Hall–Kier alpha value is -3.40. The molecule has 1 unspecified atom stereocenters. The van der Waals surface area contributed by atoms with Crippen LogP contribution >= 0.6 is 11.3 Å². The molecule has 3 aromatic carbocycles. The van der Waals surface area contributed by atoms with Crippen LogP contribution in [0.4, 0.5) is 5.69 Å². The lowest BCUT2D eigenvalue weighted by Crippen LogP contribution is -2.55. The molecule has 0 bridgehead atoms. The molecule has 39 heavy (non-hydrogen) atoms. The third-order valence-corrected chi connectivity index (χ3v) is 10.6. The van der Waals surface area contributed by atoms with Gasteiger partial charge in [-0.3, -0.25) is 9.59 Å². The maximum atomic E-state index is 13.9. The molecule has 0 radical (unpaired) electrons. The number of carbonyl (C=O) groups is 2. The van der Waals surface area contributed by atoms with Crippen molar-refractivity contribution in [3.8, 4) is 10.6 Å². The van der Waals surface area contributed by atoms with Crippen molar-refractivity contribution in [2.45, 2.75) is 63.9 Å². The van der Waals surface area contributed by atoms with Gasteiger partial charge in [-0.1, -0.05) is 30.7 Å². The summed E-state index contributed by atoms with van der Waals surface area (Å²) in [5.41, 5.74) is 3.41. The Morgan fingerprint density at radius 3 is 2.26 bits per heavy atom. The van der Waals surface area contributed by atoms with Gasteiger partial charge in [0, 0.05) is 11.1 Å². The fraction of sp³-hybridized carbons (Fsp3) is 0.300. The monoisotopic (exact) mass is 561 g/mol. The van der Waals surface area contributed by atoms with E-state index >= 15 is 0 Å². The topological polar surface area (TPSA) is 87.7 Å². The number of benzene rings is 3. The van der Waals surface area contributed by atoms with E-state index in [1.165, 1.54) is 9.87 Å². The highest BCUT2D eigenvalue weighted by Gasteiger charge is 2.51. The number of sulfonamides is 1. The largest absolute Gasteiger partial charge is 0.274 e. The number of hydrogen-bond donors (Lipinski definition) is 0. The van der Waals surface area contributed by atoms with E-state index in [0.29, 0.717) is 12.1 Å². The normalized spacial score (nSPS) is 16.6. The zero-order valence-corrected chi connectivity index (χ0v) is 24.3. The minimum absolute atomic E-state index is 0.101. The molecule has 1 aliphatic heterocycles. The SMILES string of the molecule is CCC(C)(C)N(C1CC(=O)N(c2ccc(-c3nc4ccc(C)cc4s3)cc2)C1=O)S(=O)(=O)c1ccc(C)cc1. The first kappa shape index (κ1) is 27.2. The second-order valence-electron chi connectivity index (χ2n) is 10.6. The van der Waals surface area contributed by atoms with Crippen LogP contribution in [0.5, 0.6) is 0 Å². The number of nitrogens with zero attached hydrogens (tertiary/aromatic N) is 3. The van der Waals surface area contributed by atoms with E-state index in [-0.39, 0.29) is 11.3 Å². The summed E-state index contributed by atoms with van der Waals surface area (Å²) >= 11 is 1.58. The first-order valence-electron chi connectivity index (χ1n) is 12.9. The Morgan fingerprint density at radius 1 is 0.974 bits per heavy atom. The quantitative estimate of drug-likeness (QED) is 0.255. The summed E-state index contributed by atoms with van der Waals surface area (Å²) in [7, 11) is -4.06. The van der Waals surface area contributed by atoms with Gasteiger partial charge in [-0.25, -0.2) is 18.3 Å². The number of amides is 2. The predicted molar refractivity (Wildman–Crippen MR) is 155 cm³/mol. The second-order valence-corrected chi connectivity index (χ2v) is 13.4. The Morgan fingerprint density at radius 2 is 1.62 bits per heavy atom. The third kappa shape index (κ3) is 4.90. The van der Waals surface area contributed by atoms with Crippen LogP contribution in [0.1, 0.15) is 44.7 Å². The summed E-state index contributed by atoms with van der Waals surface area (Å²) < 4.78 is 30.1. The van der Waals surface area contributed by atoms with Gasteiger partial charge < -0.3 is 0 Å². The zero-order valence-electron chi connectivity index (χ0n) is 22.6. The first-order valence-corrected chi connectivity index (χ1v) is 15.1. The van der Waals surface area contributed by atoms with Crippen LogP contribution in [0, 0.1) is 13.8 Å². The molecular weight excluding hydrogens is 530 g/mol. The van der Waals surface area contributed by atoms with Gasteiger partial charge in [0.05, 0.1) is 27.2 Å². The van der Waals surface area contributed by atoms with E-state index in [1.54, 1.807) is 61.6 Å². The molecule has 1 aliphatic rings. The summed E-state index contributed by atoms with van der Waals surface area (Å²) in [6.07, 6.45) is 0.249. The molecule has 1 saturated heterocycles. The van der Waals surface area contributed by atoms with Gasteiger partial charge in [-0.15, -0.1) is 11.3 Å². The number of anilines is 1. The van der Waals surface area contributed by atoms with Crippen LogP contribution in [-0.4, -0.2) is 41.1 Å². The molecule has 0 aliphatic carbocycles. The lowest BCUT2D eigenvalue weighted by atomic mass is 10.00. The molecule has 2 amide bonds. The molecule has 1 atom stereocenters. The number of hydrogen-bond acceptors (Lipinski definition) is 6. The van der Waals surface area contributed by atoms with Crippen LogP contribution in [-0.2, 0) is 19.6 Å². The number of carbonyl (C=O) groups excluding carboxylic acids is 2. The Balaban J connectivity index is 1.47. The maximum Gasteiger partial charge on any atom is 0.252 e. The van der Waals surface area contributed by atoms with Gasteiger partial charge in [-0.05, 0) is 88.2 Å². The summed E-state index contributed by atoms with van der Waals surface area (Å²) in [5.74, 6) is -0.968. The second kappa shape index (κ2) is 9.97. The Kier molecular flexibility index (Phi) is 6.95. The van der Waals surface area contributed by atoms with E-state index < -0.39 is 33.4 Å². The van der Waals surface area contributed by atoms with Crippen molar-refractivity contribution in [1.82, 2.24) is 9.29 Å². The fourth-order valence-corrected chi connectivity index (χ4v) is 7.93. The molecular formula is C30H31N3O4S2. The van der Waals surface area contributed by atoms with Crippen molar-refractivity contribution in [2.75, 3.05) is 4.90 Å². The molecule has 1 aromatic heterocycles. The predicted octanol–water partition coefficient (Wildman–Crippen LogP) is 6.09. The van der Waals surface area contributed by atoms with Crippen LogP contribution in [0.3, 0.4) is 0 Å². The standard InChI is InChI=1S/C30H31N3O4S2/c1-6-30(4,5)33(39(36,37)23-14-7-19(2)8-15-23)25-18-27(34)32(29(25)35)22-12-10-21(11-13-22)28-31-24-16-9-20(3)17-26(24)38-28/h7-17,25H,6,18H2,1-5H3. The number of fused-ring (bicyclic) bond motifs is 1. The number of aryl methyl sites for hydroxylation is 2. The number of aromatic nitrogens is 1. The molecule has 9 heteroatoms. The van der Waals surface area contributed by atoms with E-state index in [9.17, 15) is 18.0 Å². The highest BCUT2D eigenvalue weighted by atomic mass is 32.2. The molecule has 2 heterocycles. The van der Waals surface area contributed by atoms with Crippen molar-refractivity contribution >= 4 is 49.1 Å². The minimum atomic E-state index is -4.06. The van der Waals surface area contributed by atoms with E-state index in [4.69, 9.17) is 4.98 Å². The Labute approximate surface area is 233 Å². The minimum Gasteiger partial charge on any atom is -0.274 e. The summed E-state index contributed by atoms with van der Waals surface area (Å²) in [5, 5.41) is 0.846. The lowest BCUT2D eigenvalue weighted by molar-refractivity contribution is -0.122. The van der Waals surface area contributed by atoms with Crippen LogP contribution < -0.4 is 4.90 Å². The van der Waals surface area contributed by atoms with Gasteiger partial charge >= 0.3 is 0 Å². The van der Waals surface area contributed by atoms with Crippen molar-refractivity contribution < 1.29 is 18.0 Å². The van der Waals surface area contributed by atoms with Gasteiger partial charge in [0.1, 0.15) is 11.0 Å². The summed E-state index contributed by atoms with van der Waals surface area (Å²) in [4.78, 5) is 32.9. The summed E-state index contributed by atoms with van der Waals surface area (Å²) in [6, 6.07) is 18.6.